The highest BCUT2D eigenvalue weighted by Crippen LogP contribution is 2.31. The number of thiol groups is 1. The van der Waals surface area contributed by atoms with Crippen LogP contribution in [0.1, 0.15) is 37.5 Å². The van der Waals surface area contributed by atoms with Crippen LogP contribution in [0.3, 0.4) is 0 Å². The smallest absolute Gasteiger partial charge is 0.394 e. The predicted octanol–water partition coefficient (Wildman–Crippen LogP) is 0.604. The lowest BCUT2D eigenvalue weighted by atomic mass is 10.2. The highest BCUT2D eigenvalue weighted by Gasteiger charge is 2.38. The number of nitrogen functional groups attached to an aromatic ring is 1. The molecule has 3 atom stereocenters. The van der Waals surface area contributed by atoms with Gasteiger partial charge in [-0.05, 0) is 12.8 Å². The van der Waals surface area contributed by atoms with E-state index in [0.717, 1.165) is 0 Å². The summed E-state index contributed by atoms with van der Waals surface area (Å²) in [6, 6.07) is 0. The molecular formula is C17H21F3N4O4S. The molecule has 2 rings (SSSR count). The second kappa shape index (κ2) is 10.00. The molecule has 2 heterocycles. The SMILES string of the molecule is Nc1nc(=O)n([C@H]2C[C@H](S)[C@@H](CO)O2)cc1C#CCCCCNC(=O)C(F)(F)F. The van der Waals surface area contributed by atoms with Crippen LogP contribution in [0.4, 0.5) is 19.0 Å². The first kappa shape index (κ1) is 23.1. The van der Waals surface area contributed by atoms with Crippen molar-refractivity contribution in [3.8, 4) is 11.8 Å². The molecule has 0 radical (unpaired) electrons. The number of unbranched alkanes of at least 4 members (excludes halogenated alkanes) is 2. The molecule has 0 unspecified atom stereocenters. The number of amides is 1. The van der Waals surface area contributed by atoms with Gasteiger partial charge in [-0.3, -0.25) is 9.36 Å². The summed E-state index contributed by atoms with van der Waals surface area (Å²) in [5, 5.41) is 10.8. The Morgan fingerprint density at radius 2 is 2.21 bits per heavy atom. The number of aromatic nitrogens is 2. The zero-order valence-corrected chi connectivity index (χ0v) is 16.2. The van der Waals surface area contributed by atoms with Crippen molar-refractivity contribution in [1.82, 2.24) is 14.9 Å². The van der Waals surface area contributed by atoms with Crippen molar-refractivity contribution in [3.63, 3.8) is 0 Å². The summed E-state index contributed by atoms with van der Waals surface area (Å²) in [5.41, 5.74) is 5.42. The normalized spacial score (nSPS) is 21.5. The monoisotopic (exact) mass is 434 g/mol. The minimum absolute atomic E-state index is 0.0460. The van der Waals surface area contributed by atoms with E-state index in [1.807, 2.05) is 0 Å². The first-order valence-corrected chi connectivity index (χ1v) is 9.32. The van der Waals surface area contributed by atoms with E-state index in [4.69, 9.17) is 10.5 Å². The van der Waals surface area contributed by atoms with E-state index in [-0.39, 0.29) is 24.2 Å². The quantitative estimate of drug-likeness (QED) is 0.296. The average molecular weight is 434 g/mol. The molecule has 8 nitrogen and oxygen atoms in total. The molecule has 1 amide bonds. The Morgan fingerprint density at radius 3 is 2.83 bits per heavy atom. The van der Waals surface area contributed by atoms with E-state index >= 15 is 0 Å². The van der Waals surface area contributed by atoms with Crippen molar-refractivity contribution in [2.24, 2.45) is 0 Å². The largest absolute Gasteiger partial charge is 0.471 e. The maximum Gasteiger partial charge on any atom is 0.471 e. The third-order valence-electron chi connectivity index (χ3n) is 4.17. The predicted molar refractivity (Wildman–Crippen MR) is 101 cm³/mol. The fraction of sp³-hybridized carbons (Fsp3) is 0.588. The molecule has 1 saturated heterocycles. The van der Waals surface area contributed by atoms with Crippen molar-refractivity contribution >= 4 is 24.4 Å². The molecule has 0 bridgehead atoms. The molecule has 1 fully saturated rings. The number of carbonyl (C=O) groups excluding carboxylic acids is 1. The highest BCUT2D eigenvalue weighted by molar-refractivity contribution is 7.81. The van der Waals surface area contributed by atoms with Gasteiger partial charge >= 0.3 is 17.8 Å². The maximum atomic E-state index is 12.1. The third kappa shape index (κ3) is 6.38. The summed E-state index contributed by atoms with van der Waals surface area (Å²) in [4.78, 5) is 26.5. The molecule has 4 N–H and O–H groups in total. The fourth-order valence-corrected chi connectivity index (χ4v) is 2.98. The Labute approximate surface area is 170 Å². The van der Waals surface area contributed by atoms with Crippen molar-refractivity contribution < 1.29 is 27.8 Å². The Kier molecular flexibility index (Phi) is 7.95. The van der Waals surface area contributed by atoms with Gasteiger partial charge in [-0.25, -0.2) is 4.79 Å². The number of anilines is 1. The standard InChI is InChI=1S/C17H21F3N4O4S/c18-17(19,20)15(26)22-6-4-2-1-3-5-10-8-24(16(27)23-14(10)21)13-7-12(29)11(9-25)28-13/h8,11-13,25,29H,1-2,4,6-7,9H2,(H,22,26)(H2,21,23,27)/t11-,12+,13-/m1/s1. The maximum absolute atomic E-state index is 12.1. The molecule has 29 heavy (non-hydrogen) atoms. The molecule has 1 aliphatic rings. The van der Waals surface area contributed by atoms with Gasteiger partial charge in [0.2, 0.25) is 0 Å². The van der Waals surface area contributed by atoms with Gasteiger partial charge in [0.25, 0.3) is 0 Å². The van der Waals surface area contributed by atoms with Crippen molar-refractivity contribution in [3.05, 3.63) is 22.2 Å². The van der Waals surface area contributed by atoms with Gasteiger partial charge in [0.15, 0.2) is 0 Å². The first-order chi connectivity index (χ1) is 13.6. The number of halogens is 3. The number of alkyl halides is 3. The number of aliphatic hydroxyl groups excluding tert-OH is 1. The van der Waals surface area contributed by atoms with Crippen molar-refractivity contribution in [2.45, 2.75) is 49.4 Å². The number of aliphatic hydroxyl groups is 1. The van der Waals surface area contributed by atoms with Gasteiger partial charge in [0, 0.05) is 30.8 Å². The summed E-state index contributed by atoms with van der Waals surface area (Å²) in [6.07, 6.45) is -3.07. The molecule has 160 valence electrons. The van der Waals surface area contributed by atoms with Crippen LogP contribution < -0.4 is 16.7 Å². The number of hydrogen-bond donors (Lipinski definition) is 4. The fourth-order valence-electron chi connectivity index (χ4n) is 2.63. The summed E-state index contributed by atoms with van der Waals surface area (Å²) >= 11 is 4.32. The molecule has 0 saturated carbocycles. The Balaban J connectivity index is 1.92. The molecule has 1 aromatic rings. The molecule has 12 heteroatoms. The van der Waals surface area contributed by atoms with E-state index in [0.29, 0.717) is 31.2 Å². The van der Waals surface area contributed by atoms with Crippen LogP contribution in [0.15, 0.2) is 11.0 Å². The van der Waals surface area contributed by atoms with E-state index in [1.165, 1.54) is 10.8 Å². The number of carbonyl (C=O) groups is 1. The van der Waals surface area contributed by atoms with Gasteiger partial charge < -0.3 is 20.9 Å². The van der Waals surface area contributed by atoms with Crippen LogP contribution in [-0.4, -0.2) is 51.2 Å². The van der Waals surface area contributed by atoms with Crippen LogP contribution >= 0.6 is 12.6 Å². The lowest BCUT2D eigenvalue weighted by molar-refractivity contribution is -0.173. The number of rotatable bonds is 6. The highest BCUT2D eigenvalue weighted by atomic mass is 32.1. The lowest BCUT2D eigenvalue weighted by Gasteiger charge is -2.15. The minimum Gasteiger partial charge on any atom is -0.394 e. The van der Waals surface area contributed by atoms with Crippen LogP contribution in [0.5, 0.6) is 0 Å². The number of nitrogens with one attached hydrogen (secondary N) is 1. The van der Waals surface area contributed by atoms with Gasteiger partial charge in [0.1, 0.15) is 12.0 Å². The van der Waals surface area contributed by atoms with Crippen LogP contribution in [0, 0.1) is 11.8 Å². The summed E-state index contributed by atoms with van der Waals surface area (Å²) in [5.74, 6) is 3.57. The molecular weight excluding hydrogens is 413 g/mol. The van der Waals surface area contributed by atoms with Gasteiger partial charge in [-0.2, -0.15) is 30.8 Å². The molecule has 1 aromatic heterocycles. The number of hydrogen-bond acceptors (Lipinski definition) is 7. The van der Waals surface area contributed by atoms with Gasteiger partial charge in [0.05, 0.1) is 18.3 Å². The van der Waals surface area contributed by atoms with Crippen LogP contribution in [0.2, 0.25) is 0 Å². The summed E-state index contributed by atoms with van der Waals surface area (Å²) in [7, 11) is 0. The zero-order valence-electron chi connectivity index (χ0n) is 15.3. The van der Waals surface area contributed by atoms with E-state index in [9.17, 15) is 27.9 Å². The topological polar surface area (TPSA) is 119 Å². The van der Waals surface area contributed by atoms with E-state index in [2.05, 4.69) is 29.5 Å². The molecule has 0 aromatic carbocycles. The van der Waals surface area contributed by atoms with Gasteiger partial charge in [-0.1, -0.05) is 11.8 Å². The van der Waals surface area contributed by atoms with Gasteiger partial charge in [-0.15, -0.1) is 0 Å². The Morgan fingerprint density at radius 1 is 1.48 bits per heavy atom. The number of ether oxygens (including phenoxy) is 1. The second-order valence-electron chi connectivity index (χ2n) is 6.36. The average Bonchev–Trinajstić information content (AvgIpc) is 3.01. The summed E-state index contributed by atoms with van der Waals surface area (Å²) < 4.78 is 42.9. The van der Waals surface area contributed by atoms with E-state index < -0.39 is 30.1 Å². The third-order valence-corrected chi connectivity index (χ3v) is 4.71. The molecule has 0 aliphatic carbocycles. The molecule has 1 aliphatic heterocycles. The number of nitrogens with zero attached hydrogens (tertiary/aromatic N) is 2. The lowest BCUT2D eigenvalue weighted by Crippen LogP contribution is -2.37. The van der Waals surface area contributed by atoms with Crippen molar-refractivity contribution in [1.29, 1.82) is 0 Å². The van der Waals surface area contributed by atoms with Crippen LogP contribution in [0.25, 0.3) is 0 Å². The zero-order chi connectivity index (χ0) is 21.6. The minimum atomic E-state index is -4.89. The first-order valence-electron chi connectivity index (χ1n) is 8.80. The molecule has 0 spiro atoms. The van der Waals surface area contributed by atoms with E-state index in [1.54, 1.807) is 5.32 Å². The Hall–Kier alpha value is -2.23. The van der Waals surface area contributed by atoms with Crippen LogP contribution in [-0.2, 0) is 9.53 Å². The van der Waals surface area contributed by atoms with Crippen molar-refractivity contribution in [2.75, 3.05) is 18.9 Å². The number of nitrogens with two attached hydrogens (primary N) is 1. The second-order valence-corrected chi connectivity index (χ2v) is 7.02. The summed E-state index contributed by atoms with van der Waals surface area (Å²) in [6.45, 7) is -0.331. The Bertz CT molecular complexity index is 850.